The normalized spacial score (nSPS) is 12.0. The lowest BCUT2D eigenvalue weighted by molar-refractivity contribution is 0.489. The van der Waals surface area contributed by atoms with E-state index in [0.29, 0.717) is 6.04 Å². The number of hydrogen-bond donors (Lipinski definition) is 1. The molecule has 0 fully saturated rings. The van der Waals surface area contributed by atoms with Crippen LogP contribution in [0.5, 0.6) is 0 Å². The minimum absolute atomic E-state index is 0. The molecule has 4 aromatic rings. The summed E-state index contributed by atoms with van der Waals surface area (Å²) in [5.74, 6) is 0. The lowest BCUT2D eigenvalue weighted by Crippen LogP contribution is -2.25. The van der Waals surface area contributed by atoms with Crippen molar-refractivity contribution in [3.05, 3.63) is 84.4 Å². The molecule has 0 aliphatic heterocycles. The summed E-state index contributed by atoms with van der Waals surface area (Å²) in [6.45, 7) is 3.20. The van der Waals surface area contributed by atoms with E-state index in [1.165, 1.54) is 51.9 Å². The second-order valence-electron chi connectivity index (χ2n) is 7.64. The third-order valence-electron chi connectivity index (χ3n) is 5.42. The molecule has 3 nitrogen and oxygen atoms in total. The molecule has 0 radical (unpaired) electrons. The maximum Gasteiger partial charge on any atom is 0.0346 e. The van der Waals surface area contributed by atoms with Crippen molar-refractivity contribution < 1.29 is 0 Å². The highest BCUT2D eigenvalue weighted by molar-refractivity contribution is 5.85. The van der Waals surface area contributed by atoms with Gasteiger partial charge in [-0.15, -0.1) is 12.4 Å². The van der Waals surface area contributed by atoms with Gasteiger partial charge in [-0.25, -0.2) is 0 Å². The van der Waals surface area contributed by atoms with Crippen LogP contribution in [0.2, 0.25) is 0 Å². The molecule has 2 aromatic heterocycles. The van der Waals surface area contributed by atoms with Crippen LogP contribution in [0, 0.1) is 0 Å². The van der Waals surface area contributed by atoms with Gasteiger partial charge in [-0.3, -0.25) is 9.97 Å². The predicted molar refractivity (Wildman–Crippen MR) is 125 cm³/mol. The van der Waals surface area contributed by atoms with E-state index in [4.69, 9.17) is 0 Å². The summed E-state index contributed by atoms with van der Waals surface area (Å²) >= 11 is 0. The van der Waals surface area contributed by atoms with Gasteiger partial charge in [0.15, 0.2) is 0 Å². The number of benzene rings is 2. The Bertz CT molecular complexity index is 1060. The first kappa shape index (κ1) is 21.2. The Kier molecular flexibility index (Phi) is 7.56. The zero-order valence-electron chi connectivity index (χ0n) is 16.8. The average molecular weight is 406 g/mol. The fourth-order valence-electron chi connectivity index (χ4n) is 3.70. The molecular formula is C25H28ClN3. The molecule has 0 amide bonds. The first-order chi connectivity index (χ1) is 13.8. The Morgan fingerprint density at radius 2 is 1.38 bits per heavy atom. The van der Waals surface area contributed by atoms with Crippen LogP contribution in [0.15, 0.2) is 73.3 Å². The van der Waals surface area contributed by atoms with Crippen LogP contribution >= 0.6 is 12.4 Å². The molecular weight excluding hydrogens is 378 g/mol. The molecule has 0 unspecified atom stereocenters. The van der Waals surface area contributed by atoms with Gasteiger partial charge in [0.2, 0.25) is 0 Å². The average Bonchev–Trinajstić information content (AvgIpc) is 2.75. The summed E-state index contributed by atoms with van der Waals surface area (Å²) in [6, 6.07) is 18.0. The van der Waals surface area contributed by atoms with E-state index in [-0.39, 0.29) is 12.4 Å². The summed E-state index contributed by atoms with van der Waals surface area (Å²) in [6.07, 6.45) is 12.4. The summed E-state index contributed by atoms with van der Waals surface area (Å²) in [5.41, 5.74) is 2.75. The van der Waals surface area contributed by atoms with Gasteiger partial charge in [-0.1, -0.05) is 36.8 Å². The van der Waals surface area contributed by atoms with Gasteiger partial charge < -0.3 is 5.32 Å². The van der Waals surface area contributed by atoms with Crippen LogP contribution in [0.4, 0.5) is 0 Å². The highest BCUT2D eigenvalue weighted by atomic mass is 35.5. The Morgan fingerprint density at radius 3 is 2.07 bits per heavy atom. The third-order valence-corrected chi connectivity index (χ3v) is 5.42. The van der Waals surface area contributed by atoms with Crippen LogP contribution < -0.4 is 5.32 Å². The van der Waals surface area contributed by atoms with Gasteiger partial charge in [0.1, 0.15) is 0 Å². The van der Waals surface area contributed by atoms with Crippen LogP contribution in [0.1, 0.15) is 37.3 Å². The Balaban J connectivity index is 0.00000240. The molecule has 2 heterocycles. The van der Waals surface area contributed by atoms with Crippen LogP contribution in [-0.2, 0) is 13.0 Å². The second-order valence-corrected chi connectivity index (χ2v) is 7.64. The topological polar surface area (TPSA) is 37.8 Å². The highest BCUT2D eigenvalue weighted by Crippen LogP contribution is 2.17. The van der Waals surface area contributed by atoms with Crippen molar-refractivity contribution in [2.45, 2.75) is 45.2 Å². The summed E-state index contributed by atoms with van der Waals surface area (Å²) < 4.78 is 0. The van der Waals surface area contributed by atoms with Crippen LogP contribution in [0.3, 0.4) is 0 Å². The van der Waals surface area contributed by atoms with Gasteiger partial charge in [0, 0.05) is 48.1 Å². The van der Waals surface area contributed by atoms with Crippen molar-refractivity contribution in [1.82, 2.24) is 15.3 Å². The van der Waals surface area contributed by atoms with Crippen molar-refractivity contribution in [3.8, 4) is 0 Å². The first-order valence-electron chi connectivity index (χ1n) is 10.2. The summed E-state index contributed by atoms with van der Waals surface area (Å²) in [7, 11) is 0. The molecule has 0 saturated heterocycles. The zero-order chi connectivity index (χ0) is 19.2. The van der Waals surface area contributed by atoms with Gasteiger partial charge in [-0.2, -0.15) is 0 Å². The predicted octanol–water partition coefficient (Wildman–Crippen LogP) is 6.10. The fourth-order valence-corrected chi connectivity index (χ4v) is 3.70. The minimum Gasteiger partial charge on any atom is -0.310 e. The van der Waals surface area contributed by atoms with Crippen molar-refractivity contribution >= 4 is 34.0 Å². The molecule has 150 valence electrons. The van der Waals surface area contributed by atoms with Crippen molar-refractivity contribution in [1.29, 1.82) is 0 Å². The number of halogens is 1. The number of aromatic nitrogens is 2. The van der Waals surface area contributed by atoms with E-state index >= 15 is 0 Å². The van der Waals surface area contributed by atoms with E-state index in [9.17, 15) is 0 Å². The number of nitrogens with one attached hydrogen (secondary N) is 1. The van der Waals surface area contributed by atoms with E-state index in [1.807, 2.05) is 24.8 Å². The molecule has 0 bridgehead atoms. The summed E-state index contributed by atoms with van der Waals surface area (Å²) in [4.78, 5) is 8.36. The molecule has 1 atom stereocenters. The van der Waals surface area contributed by atoms with Crippen LogP contribution in [0.25, 0.3) is 21.5 Å². The largest absolute Gasteiger partial charge is 0.310 e. The molecule has 1 N–H and O–H groups in total. The van der Waals surface area contributed by atoms with Gasteiger partial charge in [0.05, 0.1) is 0 Å². The van der Waals surface area contributed by atoms with E-state index in [2.05, 4.69) is 70.7 Å². The maximum atomic E-state index is 4.18. The lowest BCUT2D eigenvalue weighted by atomic mass is 10.0. The lowest BCUT2D eigenvalue weighted by Gasteiger charge is -2.14. The smallest absolute Gasteiger partial charge is 0.0346 e. The van der Waals surface area contributed by atoms with Gasteiger partial charge in [-0.05, 0) is 66.3 Å². The Labute approximate surface area is 179 Å². The zero-order valence-corrected chi connectivity index (χ0v) is 17.7. The van der Waals surface area contributed by atoms with Crippen molar-refractivity contribution in [2.75, 3.05) is 0 Å². The third kappa shape index (κ3) is 5.75. The Morgan fingerprint density at radius 1 is 0.759 bits per heavy atom. The SMILES string of the molecule is C[C@H](CCCCc1ccc2cnccc2c1)NCc1ccc2cnccc2c1.Cl. The number of unbranched alkanes of at least 4 members (excludes halogenated alkanes) is 1. The number of rotatable bonds is 8. The quantitative estimate of drug-likeness (QED) is 0.360. The first-order valence-corrected chi connectivity index (χ1v) is 10.2. The van der Waals surface area contributed by atoms with Crippen molar-refractivity contribution in [3.63, 3.8) is 0 Å². The Hall–Kier alpha value is -2.49. The van der Waals surface area contributed by atoms with Gasteiger partial charge in [0.25, 0.3) is 0 Å². The standard InChI is InChI=1S/C25H27N3.ClH/c1-19(28-16-21-7-9-25-18-27-13-11-23(25)15-21)4-2-3-5-20-6-8-24-17-26-12-10-22(24)14-20;/h6-15,17-19,28H,2-5,16H2,1H3;1H/t19-;/m1./s1. The summed E-state index contributed by atoms with van der Waals surface area (Å²) in [5, 5.41) is 8.62. The van der Waals surface area contributed by atoms with E-state index in [0.717, 1.165) is 13.0 Å². The number of hydrogen-bond acceptors (Lipinski definition) is 3. The number of aryl methyl sites for hydroxylation is 1. The minimum atomic E-state index is 0. The molecule has 4 rings (SSSR count). The van der Waals surface area contributed by atoms with Crippen molar-refractivity contribution in [2.24, 2.45) is 0 Å². The number of pyridine rings is 2. The molecule has 2 aromatic carbocycles. The van der Waals surface area contributed by atoms with E-state index in [1.54, 1.807) is 0 Å². The second kappa shape index (κ2) is 10.3. The molecule has 0 saturated carbocycles. The highest BCUT2D eigenvalue weighted by Gasteiger charge is 2.03. The molecule has 0 aliphatic rings. The van der Waals surface area contributed by atoms with Gasteiger partial charge >= 0.3 is 0 Å². The maximum absolute atomic E-state index is 4.18. The molecule has 0 aliphatic carbocycles. The molecule has 4 heteroatoms. The number of nitrogens with zero attached hydrogens (tertiary/aromatic N) is 2. The molecule has 29 heavy (non-hydrogen) atoms. The van der Waals surface area contributed by atoms with E-state index < -0.39 is 0 Å². The number of fused-ring (bicyclic) bond motifs is 2. The fraction of sp³-hybridized carbons (Fsp3) is 0.280. The van der Waals surface area contributed by atoms with Crippen LogP contribution in [-0.4, -0.2) is 16.0 Å². The molecule has 0 spiro atoms. The monoisotopic (exact) mass is 405 g/mol.